The van der Waals surface area contributed by atoms with Crippen LogP contribution in [0.5, 0.6) is 0 Å². The third-order valence-corrected chi connectivity index (χ3v) is 5.80. The molecule has 3 N–H and O–H groups in total. The second kappa shape index (κ2) is 10.1. The monoisotopic (exact) mass is 457 g/mol. The Labute approximate surface area is 190 Å². The van der Waals surface area contributed by atoms with Crippen molar-refractivity contribution in [3.8, 4) is 0 Å². The van der Waals surface area contributed by atoms with Gasteiger partial charge in [0.1, 0.15) is 17.7 Å². The highest BCUT2D eigenvalue weighted by atomic mass is 19.1. The molecule has 7 nitrogen and oxygen atoms in total. The van der Waals surface area contributed by atoms with Crippen LogP contribution in [-0.4, -0.2) is 53.3 Å². The molecule has 2 aliphatic heterocycles. The van der Waals surface area contributed by atoms with Crippen molar-refractivity contribution in [2.24, 2.45) is 0 Å². The summed E-state index contributed by atoms with van der Waals surface area (Å²) in [6, 6.07) is 9.27. The summed E-state index contributed by atoms with van der Waals surface area (Å²) in [5.74, 6) is -1.52. The second-order valence-electron chi connectivity index (χ2n) is 8.07. The Morgan fingerprint density at radius 3 is 2.70 bits per heavy atom. The minimum absolute atomic E-state index is 0.0541. The van der Waals surface area contributed by atoms with Crippen LogP contribution >= 0.6 is 0 Å². The fourth-order valence-electron chi connectivity index (χ4n) is 4.05. The highest BCUT2D eigenvalue weighted by Gasteiger charge is 2.31. The highest BCUT2D eigenvalue weighted by molar-refractivity contribution is 5.89. The van der Waals surface area contributed by atoms with Crippen LogP contribution in [0, 0.1) is 11.6 Å². The Hall–Kier alpha value is -3.30. The van der Waals surface area contributed by atoms with E-state index in [0.717, 1.165) is 30.2 Å². The number of urea groups is 1. The quantitative estimate of drug-likeness (QED) is 0.603. The van der Waals surface area contributed by atoms with E-state index in [2.05, 4.69) is 16.7 Å². The van der Waals surface area contributed by atoms with E-state index in [1.807, 2.05) is 18.2 Å². The molecule has 2 aromatic carbocycles. The van der Waals surface area contributed by atoms with Gasteiger partial charge in [-0.05, 0) is 29.7 Å². The smallest absolute Gasteiger partial charge is 0.319 e. The molecule has 0 aliphatic carbocycles. The number of anilines is 1. The standard InChI is InChI=1S/C24H25F2N3O4/c25-17-5-7-19(26)21(11-17)28-24(32)27-20-8-6-18(33-22(20)14-30)12-23(31)29-10-9-15-3-1-2-4-16(15)13-29/h1-8,11,18,20,22,30H,9-10,12-14H2,(H2,27,28,32)/t18-,20+,22+/m0/s1. The largest absolute Gasteiger partial charge is 0.394 e. The normalized spacial score (nSPS) is 21.9. The van der Waals surface area contributed by atoms with E-state index < -0.39 is 42.5 Å². The first-order valence-corrected chi connectivity index (χ1v) is 10.7. The lowest BCUT2D eigenvalue weighted by Gasteiger charge is -2.34. The summed E-state index contributed by atoms with van der Waals surface area (Å²) in [6.07, 6.45) is 2.87. The molecule has 4 rings (SSSR count). The molecule has 2 heterocycles. The fourth-order valence-corrected chi connectivity index (χ4v) is 4.05. The molecule has 2 aromatic rings. The van der Waals surface area contributed by atoms with Crippen molar-refractivity contribution in [1.82, 2.24) is 10.2 Å². The molecule has 0 radical (unpaired) electrons. The van der Waals surface area contributed by atoms with Crippen LogP contribution in [0.25, 0.3) is 0 Å². The Kier molecular flexibility index (Phi) is 7.00. The summed E-state index contributed by atoms with van der Waals surface area (Å²) >= 11 is 0. The molecule has 33 heavy (non-hydrogen) atoms. The number of benzene rings is 2. The summed E-state index contributed by atoms with van der Waals surface area (Å²) in [4.78, 5) is 26.8. The molecule has 3 amide bonds. The zero-order valence-electron chi connectivity index (χ0n) is 17.8. The third-order valence-electron chi connectivity index (χ3n) is 5.80. The van der Waals surface area contributed by atoms with E-state index in [-0.39, 0.29) is 18.0 Å². The van der Waals surface area contributed by atoms with Crippen molar-refractivity contribution < 1.29 is 28.2 Å². The van der Waals surface area contributed by atoms with E-state index >= 15 is 0 Å². The summed E-state index contributed by atoms with van der Waals surface area (Å²) in [7, 11) is 0. The summed E-state index contributed by atoms with van der Waals surface area (Å²) in [6.45, 7) is 0.790. The molecule has 0 fully saturated rings. The van der Waals surface area contributed by atoms with Crippen LogP contribution in [0.3, 0.4) is 0 Å². The van der Waals surface area contributed by atoms with Gasteiger partial charge in [-0.3, -0.25) is 4.79 Å². The van der Waals surface area contributed by atoms with Crippen molar-refractivity contribution in [3.63, 3.8) is 0 Å². The van der Waals surface area contributed by atoms with Crippen molar-refractivity contribution in [2.75, 3.05) is 18.5 Å². The van der Waals surface area contributed by atoms with Gasteiger partial charge in [-0.25, -0.2) is 13.6 Å². The minimum Gasteiger partial charge on any atom is -0.394 e. The van der Waals surface area contributed by atoms with Gasteiger partial charge in [0.2, 0.25) is 5.91 Å². The van der Waals surface area contributed by atoms with Crippen molar-refractivity contribution in [3.05, 3.63) is 77.4 Å². The predicted octanol–water partition coefficient (Wildman–Crippen LogP) is 2.75. The van der Waals surface area contributed by atoms with Gasteiger partial charge in [-0.1, -0.05) is 36.4 Å². The number of hydrogen-bond acceptors (Lipinski definition) is 4. The minimum atomic E-state index is -0.794. The third kappa shape index (κ3) is 5.55. The molecule has 9 heteroatoms. The van der Waals surface area contributed by atoms with Crippen LogP contribution in [0.15, 0.2) is 54.6 Å². The average Bonchev–Trinajstić information content (AvgIpc) is 2.82. The molecule has 174 valence electrons. The van der Waals surface area contributed by atoms with Crippen LogP contribution in [-0.2, 0) is 22.5 Å². The summed E-state index contributed by atoms with van der Waals surface area (Å²) in [5, 5.41) is 14.5. The number of hydrogen-bond donors (Lipinski definition) is 3. The SMILES string of the molecule is O=C(Nc1cc(F)ccc1F)N[C@@H]1C=C[C@@H](CC(=O)N2CCc3ccccc3C2)O[C@@H]1CO. The molecule has 0 unspecified atom stereocenters. The lowest BCUT2D eigenvalue weighted by atomic mass is 9.99. The Bertz CT molecular complexity index is 1060. The van der Waals surface area contributed by atoms with Crippen LogP contribution in [0.4, 0.5) is 19.3 Å². The maximum absolute atomic E-state index is 13.7. The number of carbonyl (C=O) groups excluding carboxylic acids is 2. The lowest BCUT2D eigenvalue weighted by Crippen LogP contribution is -2.50. The highest BCUT2D eigenvalue weighted by Crippen LogP contribution is 2.22. The van der Waals surface area contributed by atoms with E-state index in [1.54, 1.807) is 17.1 Å². The van der Waals surface area contributed by atoms with Crippen molar-refractivity contribution in [1.29, 1.82) is 0 Å². The van der Waals surface area contributed by atoms with Gasteiger partial charge >= 0.3 is 6.03 Å². The maximum Gasteiger partial charge on any atom is 0.319 e. The van der Waals surface area contributed by atoms with Gasteiger partial charge in [0, 0.05) is 19.2 Å². The molecule has 2 aliphatic rings. The molecule has 3 atom stereocenters. The number of carbonyl (C=O) groups is 2. The van der Waals surface area contributed by atoms with E-state index in [1.165, 1.54) is 5.56 Å². The van der Waals surface area contributed by atoms with E-state index in [0.29, 0.717) is 13.1 Å². The van der Waals surface area contributed by atoms with Crippen LogP contribution in [0.2, 0.25) is 0 Å². The summed E-state index contributed by atoms with van der Waals surface area (Å²) in [5.41, 5.74) is 2.08. The molecule has 0 saturated heterocycles. The molecule has 0 saturated carbocycles. The van der Waals surface area contributed by atoms with Crippen LogP contribution < -0.4 is 10.6 Å². The number of rotatable bonds is 5. The van der Waals surface area contributed by atoms with Gasteiger partial charge in [-0.2, -0.15) is 0 Å². The van der Waals surface area contributed by atoms with Gasteiger partial charge in [0.25, 0.3) is 0 Å². The fraction of sp³-hybridized carbons (Fsp3) is 0.333. The first kappa shape index (κ1) is 22.9. The summed E-state index contributed by atoms with van der Waals surface area (Å²) < 4.78 is 32.8. The Balaban J connectivity index is 1.33. The molecular weight excluding hydrogens is 432 g/mol. The molecule has 0 spiro atoms. The van der Waals surface area contributed by atoms with E-state index in [4.69, 9.17) is 4.74 Å². The first-order chi connectivity index (χ1) is 15.9. The van der Waals surface area contributed by atoms with Crippen LogP contribution in [0.1, 0.15) is 17.5 Å². The number of fused-ring (bicyclic) bond motifs is 1. The number of ether oxygens (including phenoxy) is 1. The number of amides is 3. The van der Waals surface area contributed by atoms with Gasteiger partial charge in [0.05, 0.1) is 30.9 Å². The maximum atomic E-state index is 13.7. The number of aliphatic hydroxyl groups is 1. The van der Waals surface area contributed by atoms with Gasteiger partial charge in [0.15, 0.2) is 0 Å². The number of halogens is 2. The first-order valence-electron chi connectivity index (χ1n) is 10.7. The average molecular weight is 457 g/mol. The van der Waals surface area contributed by atoms with Gasteiger partial charge < -0.3 is 25.4 Å². The van der Waals surface area contributed by atoms with Crippen molar-refractivity contribution in [2.45, 2.75) is 37.6 Å². The number of aliphatic hydroxyl groups excluding tert-OH is 1. The zero-order valence-corrected chi connectivity index (χ0v) is 17.8. The molecular formula is C24H25F2N3O4. The second-order valence-corrected chi connectivity index (χ2v) is 8.07. The predicted molar refractivity (Wildman–Crippen MR) is 117 cm³/mol. The van der Waals surface area contributed by atoms with Crippen molar-refractivity contribution >= 4 is 17.6 Å². The molecule has 0 aromatic heterocycles. The Morgan fingerprint density at radius 1 is 1.12 bits per heavy atom. The van der Waals surface area contributed by atoms with Gasteiger partial charge in [-0.15, -0.1) is 0 Å². The topological polar surface area (TPSA) is 90.9 Å². The Morgan fingerprint density at radius 2 is 1.91 bits per heavy atom. The molecule has 0 bridgehead atoms. The number of nitrogens with one attached hydrogen (secondary N) is 2. The zero-order chi connectivity index (χ0) is 23.4. The lowest BCUT2D eigenvalue weighted by molar-refractivity contribution is -0.136. The number of nitrogens with zero attached hydrogens (tertiary/aromatic N) is 1. The van der Waals surface area contributed by atoms with E-state index in [9.17, 15) is 23.5 Å².